The molecular weight excluding hydrogens is 604 g/mol. The van der Waals surface area contributed by atoms with Gasteiger partial charge in [0.1, 0.15) is 49.4 Å². The highest BCUT2D eigenvalue weighted by Crippen LogP contribution is 2.52. The van der Waals surface area contributed by atoms with Crippen molar-refractivity contribution in [3.8, 4) is 23.0 Å². The largest absolute Gasteiger partial charge is 0.490 e. The molecule has 7 heteroatoms. The van der Waals surface area contributed by atoms with E-state index in [-0.39, 0.29) is 32.3 Å². The Bertz CT molecular complexity index is 1870. The molecule has 0 bridgehead atoms. The quantitative estimate of drug-likeness (QED) is 0.0708. The van der Waals surface area contributed by atoms with Crippen LogP contribution in [0.4, 0.5) is 0 Å². The van der Waals surface area contributed by atoms with Gasteiger partial charge < -0.3 is 23.7 Å². The molecule has 1 aliphatic rings. The SMILES string of the molecule is C=CC(=O)OCCOc1ccc2c3c(ccc2c1)Oc1ccc2cc(OCCOC(=O)C=C)ccc2c1C3c1ccc(CC(C)C)cc1. The van der Waals surface area contributed by atoms with Crippen LogP contribution in [0.15, 0.2) is 110 Å². The summed E-state index contributed by atoms with van der Waals surface area (Å²) in [6, 6.07) is 29.1. The molecule has 0 aromatic heterocycles. The van der Waals surface area contributed by atoms with Crippen LogP contribution in [-0.4, -0.2) is 38.4 Å². The Morgan fingerprint density at radius 2 is 1.19 bits per heavy atom. The number of ether oxygens (including phenoxy) is 5. The minimum atomic E-state index is -0.477. The van der Waals surface area contributed by atoms with Gasteiger partial charge in [-0.05, 0) is 81.4 Å². The first kappa shape index (κ1) is 32.4. The zero-order chi connectivity index (χ0) is 33.6. The lowest BCUT2D eigenvalue weighted by Gasteiger charge is -2.31. The summed E-state index contributed by atoms with van der Waals surface area (Å²) in [6.07, 6.45) is 3.28. The molecule has 244 valence electrons. The van der Waals surface area contributed by atoms with Crippen LogP contribution in [0.3, 0.4) is 0 Å². The highest BCUT2D eigenvalue weighted by molar-refractivity contribution is 5.96. The van der Waals surface area contributed by atoms with Gasteiger partial charge in [0.05, 0.1) is 0 Å². The van der Waals surface area contributed by atoms with Crippen LogP contribution in [0.1, 0.15) is 42.0 Å². The molecule has 0 saturated heterocycles. The topological polar surface area (TPSA) is 80.3 Å². The smallest absolute Gasteiger partial charge is 0.330 e. The number of carbonyl (C=O) groups is 2. The van der Waals surface area contributed by atoms with E-state index in [2.05, 4.69) is 63.4 Å². The molecular formula is C41H38O7. The second-order valence-electron chi connectivity index (χ2n) is 12.0. The molecule has 0 unspecified atom stereocenters. The van der Waals surface area contributed by atoms with E-state index in [9.17, 15) is 9.59 Å². The van der Waals surface area contributed by atoms with Crippen molar-refractivity contribution in [1.29, 1.82) is 0 Å². The minimum absolute atomic E-state index is 0.112. The van der Waals surface area contributed by atoms with E-state index in [1.54, 1.807) is 0 Å². The molecule has 0 aliphatic carbocycles. The van der Waals surface area contributed by atoms with Gasteiger partial charge in [-0.2, -0.15) is 0 Å². The molecule has 0 N–H and O–H groups in total. The van der Waals surface area contributed by atoms with E-state index in [4.69, 9.17) is 23.7 Å². The first-order valence-corrected chi connectivity index (χ1v) is 16.1. The van der Waals surface area contributed by atoms with Crippen LogP contribution >= 0.6 is 0 Å². The maximum Gasteiger partial charge on any atom is 0.330 e. The molecule has 5 aromatic carbocycles. The summed E-state index contributed by atoms with van der Waals surface area (Å²) in [5, 5.41) is 4.14. The van der Waals surface area contributed by atoms with Crippen molar-refractivity contribution in [2.24, 2.45) is 5.92 Å². The Morgan fingerprint density at radius 1 is 0.688 bits per heavy atom. The highest BCUT2D eigenvalue weighted by atomic mass is 16.6. The maximum absolute atomic E-state index is 11.4. The normalized spacial score (nSPS) is 12.1. The van der Waals surface area contributed by atoms with E-state index in [0.29, 0.717) is 17.4 Å². The molecule has 1 heterocycles. The summed E-state index contributed by atoms with van der Waals surface area (Å²) in [5.74, 6) is 2.48. The van der Waals surface area contributed by atoms with Crippen LogP contribution in [0, 0.1) is 5.92 Å². The average Bonchev–Trinajstić information content (AvgIpc) is 3.10. The predicted octanol–water partition coefficient (Wildman–Crippen LogP) is 8.69. The number of hydrogen-bond acceptors (Lipinski definition) is 7. The molecule has 0 fully saturated rings. The van der Waals surface area contributed by atoms with Gasteiger partial charge in [-0.3, -0.25) is 0 Å². The minimum Gasteiger partial charge on any atom is -0.490 e. The van der Waals surface area contributed by atoms with E-state index < -0.39 is 11.9 Å². The van der Waals surface area contributed by atoms with Gasteiger partial charge >= 0.3 is 11.9 Å². The standard InChI is InChI=1S/C41H38O7/c1-5-37(42)46-21-19-44-31-13-15-33-29(24-31)11-17-35-40(33)39(28-9-7-27(8-10-28)23-26(3)4)41-34-16-14-32(45-20-22-47-38(43)6-2)25-30(34)12-18-36(41)48-35/h5-18,24-26,39H,1-2,19-23H2,3-4H3. The fraction of sp³-hybridized carbons (Fsp3) is 0.220. The van der Waals surface area contributed by atoms with E-state index >= 15 is 0 Å². The number of hydrogen-bond donors (Lipinski definition) is 0. The van der Waals surface area contributed by atoms with Gasteiger partial charge in [0.25, 0.3) is 0 Å². The molecule has 0 spiro atoms. The monoisotopic (exact) mass is 642 g/mol. The van der Waals surface area contributed by atoms with Gasteiger partial charge in [0, 0.05) is 29.2 Å². The van der Waals surface area contributed by atoms with Gasteiger partial charge in [0.15, 0.2) is 0 Å². The third-order valence-electron chi connectivity index (χ3n) is 8.27. The molecule has 6 rings (SSSR count). The molecule has 0 atom stereocenters. The fourth-order valence-corrected chi connectivity index (χ4v) is 6.21. The van der Waals surface area contributed by atoms with Crippen LogP contribution in [0.5, 0.6) is 23.0 Å². The van der Waals surface area contributed by atoms with Crippen LogP contribution < -0.4 is 14.2 Å². The summed E-state index contributed by atoms with van der Waals surface area (Å²) < 4.78 is 28.5. The van der Waals surface area contributed by atoms with Crippen LogP contribution in [0.25, 0.3) is 21.5 Å². The Hall–Kier alpha value is -5.56. The first-order chi connectivity index (χ1) is 23.3. The van der Waals surface area contributed by atoms with Crippen molar-refractivity contribution < 1.29 is 33.3 Å². The number of esters is 2. The molecule has 1 aliphatic heterocycles. The van der Waals surface area contributed by atoms with Crippen molar-refractivity contribution in [3.05, 3.63) is 132 Å². The lowest BCUT2D eigenvalue weighted by atomic mass is 9.78. The summed E-state index contributed by atoms with van der Waals surface area (Å²) in [5.41, 5.74) is 4.64. The molecule has 7 nitrogen and oxygen atoms in total. The van der Waals surface area contributed by atoms with Gasteiger partial charge in [0.2, 0.25) is 0 Å². The molecule has 5 aromatic rings. The highest BCUT2D eigenvalue weighted by Gasteiger charge is 2.32. The zero-order valence-electron chi connectivity index (χ0n) is 27.2. The van der Waals surface area contributed by atoms with Gasteiger partial charge in [-0.15, -0.1) is 0 Å². The van der Waals surface area contributed by atoms with Crippen LogP contribution in [-0.2, 0) is 25.5 Å². The van der Waals surface area contributed by atoms with E-state index in [1.807, 2.05) is 48.5 Å². The van der Waals surface area contributed by atoms with Crippen LogP contribution in [0.2, 0.25) is 0 Å². The number of benzene rings is 5. The second kappa shape index (κ2) is 14.5. The lowest BCUT2D eigenvalue weighted by molar-refractivity contribution is -0.139. The van der Waals surface area contributed by atoms with Crippen molar-refractivity contribution in [2.75, 3.05) is 26.4 Å². The second-order valence-corrected chi connectivity index (χ2v) is 12.0. The average molecular weight is 643 g/mol. The van der Waals surface area contributed by atoms with E-state index in [1.165, 1.54) is 11.1 Å². The Kier molecular flexibility index (Phi) is 9.76. The third-order valence-corrected chi connectivity index (χ3v) is 8.27. The van der Waals surface area contributed by atoms with Gasteiger partial charge in [-0.25, -0.2) is 9.59 Å². The summed E-state index contributed by atoms with van der Waals surface area (Å²) >= 11 is 0. The molecule has 0 saturated carbocycles. The number of rotatable bonds is 13. The predicted molar refractivity (Wildman–Crippen MR) is 187 cm³/mol. The fourth-order valence-electron chi connectivity index (χ4n) is 6.21. The third kappa shape index (κ3) is 7.05. The Balaban J connectivity index is 1.39. The number of carbonyl (C=O) groups excluding carboxylic acids is 2. The zero-order valence-corrected chi connectivity index (χ0v) is 27.2. The summed E-state index contributed by atoms with van der Waals surface area (Å²) in [7, 11) is 0. The Morgan fingerprint density at radius 3 is 1.65 bits per heavy atom. The summed E-state index contributed by atoms with van der Waals surface area (Å²) in [6.45, 7) is 12.0. The molecule has 48 heavy (non-hydrogen) atoms. The van der Waals surface area contributed by atoms with Gasteiger partial charge in [-0.1, -0.05) is 75.5 Å². The Labute approximate surface area is 280 Å². The van der Waals surface area contributed by atoms with E-state index in [0.717, 1.165) is 62.7 Å². The number of fused-ring (bicyclic) bond motifs is 6. The van der Waals surface area contributed by atoms with Crippen molar-refractivity contribution in [1.82, 2.24) is 0 Å². The van der Waals surface area contributed by atoms with Crippen molar-refractivity contribution in [3.63, 3.8) is 0 Å². The first-order valence-electron chi connectivity index (χ1n) is 16.1. The van der Waals surface area contributed by atoms with Crippen molar-refractivity contribution in [2.45, 2.75) is 26.2 Å². The lowest BCUT2D eigenvalue weighted by Crippen LogP contribution is -2.13. The molecule has 0 amide bonds. The van der Waals surface area contributed by atoms with Crippen molar-refractivity contribution >= 4 is 33.5 Å². The summed E-state index contributed by atoms with van der Waals surface area (Å²) in [4.78, 5) is 22.8. The molecule has 0 radical (unpaired) electrons. The maximum atomic E-state index is 11.4.